The molecule has 0 aliphatic heterocycles. The average Bonchev–Trinajstić information content (AvgIpc) is 2.03. The van der Waals surface area contributed by atoms with Crippen molar-refractivity contribution in [2.24, 2.45) is 5.73 Å². The van der Waals surface area contributed by atoms with E-state index in [4.69, 9.17) is 5.73 Å². The predicted octanol–water partition coefficient (Wildman–Crippen LogP) is 0.218. The van der Waals surface area contributed by atoms with Gasteiger partial charge in [0.2, 0.25) is 0 Å². The highest BCUT2D eigenvalue weighted by molar-refractivity contribution is 5.67. The molecule has 0 heterocycles. The molecule has 0 aliphatic rings. The summed E-state index contributed by atoms with van der Waals surface area (Å²) in [4.78, 5) is 20.8. The van der Waals surface area contributed by atoms with Crippen LogP contribution in [0.2, 0.25) is 0 Å². The van der Waals surface area contributed by atoms with Gasteiger partial charge in [-0.3, -0.25) is 0 Å². The molecule has 0 bridgehead atoms. The summed E-state index contributed by atoms with van der Waals surface area (Å²) in [5.74, 6) is 0. The molecule has 0 saturated carbocycles. The van der Waals surface area contributed by atoms with E-state index < -0.39 is 12.2 Å². The third kappa shape index (κ3) is 8.45. The Labute approximate surface area is 76.4 Å². The van der Waals surface area contributed by atoms with Gasteiger partial charge in [0.15, 0.2) is 0 Å². The van der Waals surface area contributed by atoms with E-state index in [-0.39, 0.29) is 6.61 Å². The number of hydrogen-bond acceptors (Lipinski definition) is 4. The fourth-order valence-corrected chi connectivity index (χ4v) is 0.618. The van der Waals surface area contributed by atoms with Crippen LogP contribution in [0.5, 0.6) is 0 Å². The lowest BCUT2D eigenvalue weighted by atomic mass is 10.4. The van der Waals surface area contributed by atoms with E-state index in [1.807, 2.05) is 0 Å². The summed E-state index contributed by atoms with van der Waals surface area (Å²) in [7, 11) is 0. The summed E-state index contributed by atoms with van der Waals surface area (Å²) in [5.41, 5.74) is 4.71. The second-order valence-corrected chi connectivity index (χ2v) is 2.17. The molecule has 0 spiro atoms. The molecule has 0 atom stereocenters. The van der Waals surface area contributed by atoms with Gasteiger partial charge in [0.25, 0.3) is 0 Å². The molecule has 0 unspecified atom stereocenters. The Balaban J connectivity index is 3.16. The number of amides is 2. The number of rotatable bonds is 5. The Morgan fingerprint density at radius 1 is 1.38 bits per heavy atom. The van der Waals surface area contributed by atoms with E-state index in [2.05, 4.69) is 14.8 Å². The number of nitrogens with two attached hydrogens (primary N) is 1. The molecule has 6 heteroatoms. The van der Waals surface area contributed by atoms with Crippen molar-refractivity contribution >= 4 is 12.2 Å². The topological polar surface area (TPSA) is 90.7 Å². The second-order valence-electron chi connectivity index (χ2n) is 2.17. The summed E-state index contributed by atoms with van der Waals surface area (Å²) in [6.45, 7) is 2.65. The van der Waals surface area contributed by atoms with Crippen LogP contribution in [0.1, 0.15) is 13.3 Å². The molecule has 3 N–H and O–H groups in total. The van der Waals surface area contributed by atoms with Gasteiger partial charge in [-0.15, -0.1) is 0 Å². The first kappa shape index (κ1) is 11.5. The smallest absolute Gasteiger partial charge is 0.407 e. The number of primary amides is 1. The number of carbonyl (C=O) groups is 2. The molecule has 0 saturated heterocycles. The van der Waals surface area contributed by atoms with Crippen molar-refractivity contribution in [1.29, 1.82) is 0 Å². The molecule has 0 radical (unpaired) electrons. The van der Waals surface area contributed by atoms with E-state index in [0.29, 0.717) is 19.6 Å². The van der Waals surface area contributed by atoms with E-state index >= 15 is 0 Å². The van der Waals surface area contributed by atoms with Crippen molar-refractivity contribution in [3.05, 3.63) is 0 Å². The Kier molecular flexibility index (Phi) is 6.39. The van der Waals surface area contributed by atoms with Crippen LogP contribution in [0.4, 0.5) is 9.59 Å². The molecular formula is C7H14N2O4. The first-order valence-corrected chi connectivity index (χ1v) is 3.99. The second kappa shape index (κ2) is 7.20. The van der Waals surface area contributed by atoms with Crippen LogP contribution in [0, 0.1) is 0 Å². The molecular weight excluding hydrogens is 176 g/mol. The fourth-order valence-electron chi connectivity index (χ4n) is 0.618. The zero-order chi connectivity index (χ0) is 10.1. The maximum absolute atomic E-state index is 10.7. The van der Waals surface area contributed by atoms with Gasteiger partial charge in [0.05, 0.1) is 13.2 Å². The van der Waals surface area contributed by atoms with E-state index in [0.717, 1.165) is 0 Å². The molecule has 0 aromatic rings. The maximum atomic E-state index is 10.7. The van der Waals surface area contributed by atoms with Crippen molar-refractivity contribution in [1.82, 2.24) is 5.32 Å². The number of ether oxygens (including phenoxy) is 2. The normalized spacial score (nSPS) is 9.00. The average molecular weight is 190 g/mol. The zero-order valence-corrected chi connectivity index (χ0v) is 7.54. The van der Waals surface area contributed by atoms with Gasteiger partial charge in [-0.05, 0) is 13.3 Å². The van der Waals surface area contributed by atoms with Gasteiger partial charge in [-0.25, -0.2) is 9.59 Å². The Bertz CT molecular complexity index is 172. The molecule has 6 nitrogen and oxygen atoms in total. The van der Waals surface area contributed by atoms with Crippen molar-refractivity contribution in [2.45, 2.75) is 13.3 Å². The van der Waals surface area contributed by atoms with Crippen LogP contribution in [-0.4, -0.2) is 31.9 Å². The van der Waals surface area contributed by atoms with Crippen LogP contribution in [0.15, 0.2) is 0 Å². The molecule has 0 aromatic carbocycles. The predicted molar refractivity (Wildman–Crippen MR) is 45.2 cm³/mol. The van der Waals surface area contributed by atoms with Gasteiger partial charge < -0.3 is 20.5 Å². The van der Waals surface area contributed by atoms with Crippen LogP contribution < -0.4 is 11.1 Å². The van der Waals surface area contributed by atoms with Crippen molar-refractivity contribution in [3.8, 4) is 0 Å². The van der Waals surface area contributed by atoms with Crippen LogP contribution in [-0.2, 0) is 9.47 Å². The number of hydrogen-bond donors (Lipinski definition) is 2. The fraction of sp³-hybridized carbons (Fsp3) is 0.714. The van der Waals surface area contributed by atoms with Gasteiger partial charge >= 0.3 is 12.2 Å². The summed E-state index contributed by atoms with van der Waals surface area (Å²) >= 11 is 0. The Morgan fingerprint density at radius 3 is 2.62 bits per heavy atom. The maximum Gasteiger partial charge on any atom is 0.407 e. The number of nitrogens with one attached hydrogen (secondary N) is 1. The summed E-state index contributed by atoms with van der Waals surface area (Å²) in [6.07, 6.45) is -0.764. The van der Waals surface area contributed by atoms with E-state index in [1.165, 1.54) is 0 Å². The summed E-state index contributed by atoms with van der Waals surface area (Å²) in [5, 5.41) is 2.46. The third-order valence-corrected chi connectivity index (χ3v) is 1.11. The standard InChI is InChI=1S/C7H14N2O4/c1-2-12-7(11)9-4-3-5-13-6(8)10/h2-5H2,1H3,(H2,8,10)(H,9,11). The van der Waals surface area contributed by atoms with Crippen molar-refractivity contribution in [3.63, 3.8) is 0 Å². The first-order chi connectivity index (χ1) is 6.16. The van der Waals surface area contributed by atoms with Gasteiger partial charge in [-0.2, -0.15) is 0 Å². The summed E-state index contributed by atoms with van der Waals surface area (Å²) < 4.78 is 9.02. The van der Waals surface area contributed by atoms with Crippen molar-refractivity contribution < 1.29 is 19.1 Å². The molecule has 0 aromatic heterocycles. The Hall–Kier alpha value is -1.46. The lowest BCUT2D eigenvalue weighted by molar-refractivity contribution is 0.146. The summed E-state index contributed by atoms with van der Waals surface area (Å²) in [6, 6.07) is 0. The zero-order valence-electron chi connectivity index (χ0n) is 7.54. The monoisotopic (exact) mass is 190 g/mol. The molecule has 0 rings (SSSR count). The lowest BCUT2D eigenvalue weighted by Gasteiger charge is -2.04. The van der Waals surface area contributed by atoms with Gasteiger partial charge in [-0.1, -0.05) is 0 Å². The van der Waals surface area contributed by atoms with Crippen LogP contribution in [0.25, 0.3) is 0 Å². The largest absolute Gasteiger partial charge is 0.450 e. The lowest BCUT2D eigenvalue weighted by Crippen LogP contribution is -2.26. The van der Waals surface area contributed by atoms with Crippen LogP contribution in [0.3, 0.4) is 0 Å². The van der Waals surface area contributed by atoms with E-state index in [9.17, 15) is 9.59 Å². The van der Waals surface area contributed by atoms with E-state index in [1.54, 1.807) is 6.92 Å². The minimum atomic E-state index is -0.809. The molecule has 2 amide bonds. The number of carbonyl (C=O) groups excluding carboxylic acids is 2. The molecule has 13 heavy (non-hydrogen) atoms. The molecule has 76 valence electrons. The number of alkyl carbamates (subject to hydrolysis) is 1. The first-order valence-electron chi connectivity index (χ1n) is 3.99. The van der Waals surface area contributed by atoms with Gasteiger partial charge in [0, 0.05) is 6.54 Å². The minimum Gasteiger partial charge on any atom is -0.450 e. The SMILES string of the molecule is CCOC(=O)NCCCOC(N)=O. The highest BCUT2D eigenvalue weighted by Crippen LogP contribution is 1.82. The van der Waals surface area contributed by atoms with Crippen LogP contribution >= 0.6 is 0 Å². The minimum absolute atomic E-state index is 0.196. The molecule has 0 aliphatic carbocycles. The third-order valence-electron chi connectivity index (χ3n) is 1.11. The molecule has 0 fully saturated rings. The highest BCUT2D eigenvalue weighted by atomic mass is 16.5. The quantitative estimate of drug-likeness (QED) is 0.606. The highest BCUT2D eigenvalue weighted by Gasteiger charge is 1.98. The van der Waals surface area contributed by atoms with Crippen molar-refractivity contribution in [2.75, 3.05) is 19.8 Å². The van der Waals surface area contributed by atoms with Gasteiger partial charge in [0.1, 0.15) is 0 Å². The Morgan fingerprint density at radius 2 is 2.08 bits per heavy atom.